The summed E-state index contributed by atoms with van der Waals surface area (Å²) in [6, 6.07) is 20.9. The van der Waals surface area contributed by atoms with Gasteiger partial charge in [-0.3, -0.25) is 0 Å². The predicted octanol–water partition coefficient (Wildman–Crippen LogP) is 11.0. The van der Waals surface area contributed by atoms with Crippen LogP contribution < -0.4 is 0 Å². The lowest BCUT2D eigenvalue weighted by Gasteiger charge is -2.61. The molecule has 300 valence electrons. The molecule has 0 radical (unpaired) electrons. The van der Waals surface area contributed by atoms with E-state index < -0.39 is 0 Å². The molecule has 20 rings (SSSR count). The highest BCUT2D eigenvalue weighted by Crippen LogP contribution is 2.95. The summed E-state index contributed by atoms with van der Waals surface area (Å²) >= 11 is 0. The molecular formula is C58H58N2. The van der Waals surface area contributed by atoms with Crippen molar-refractivity contribution in [2.24, 2.45) is 195 Å². The van der Waals surface area contributed by atoms with Crippen LogP contribution in [0.5, 0.6) is 0 Å². The van der Waals surface area contributed by atoms with Crippen molar-refractivity contribution in [2.75, 3.05) is 0 Å². The number of benzene rings is 2. The summed E-state index contributed by atoms with van der Waals surface area (Å²) in [6.07, 6.45) is 13.1. The van der Waals surface area contributed by atoms with Crippen LogP contribution in [0.25, 0.3) is 10.4 Å². The molecule has 17 fully saturated rings. The Hall–Kier alpha value is -2.84. The monoisotopic (exact) mass is 782 g/mol. The van der Waals surface area contributed by atoms with E-state index in [1.165, 1.54) is 69.6 Å². The Labute approximate surface area is 355 Å². The van der Waals surface area contributed by atoms with Crippen LogP contribution in [0.15, 0.2) is 54.2 Å². The molecule has 30 atom stereocenters. The third kappa shape index (κ3) is 2.69. The van der Waals surface area contributed by atoms with Gasteiger partial charge in [0, 0.05) is 11.5 Å². The van der Waals surface area contributed by atoms with Gasteiger partial charge in [0.1, 0.15) is 0 Å². The molecule has 18 aliphatic carbocycles. The smallest absolute Gasteiger partial charge is 0.226 e. The lowest BCUT2D eigenvalue weighted by Crippen LogP contribution is -2.58. The Morgan fingerprint density at radius 3 is 1.00 bits per heavy atom. The molecule has 2 aromatic rings. The first kappa shape index (κ1) is 31.1. The minimum absolute atomic E-state index is 0.288. The maximum absolute atomic E-state index is 10.4. The quantitative estimate of drug-likeness (QED) is 0.209. The van der Waals surface area contributed by atoms with E-state index in [1.54, 1.807) is 51.4 Å². The molecule has 60 heavy (non-hydrogen) atoms. The summed E-state index contributed by atoms with van der Waals surface area (Å²) in [5.74, 6) is 36.7. The summed E-state index contributed by atoms with van der Waals surface area (Å²) in [5, 5.41) is 10.4. The Kier molecular flexibility index (Phi) is 4.85. The van der Waals surface area contributed by atoms with Gasteiger partial charge in [0.15, 0.2) is 0 Å². The fourth-order valence-electron chi connectivity index (χ4n) is 29.5. The molecule has 2 nitrogen and oxygen atoms in total. The second-order valence-electron chi connectivity index (χ2n) is 26.7. The number of hydrogen-bond acceptors (Lipinski definition) is 1. The van der Waals surface area contributed by atoms with Crippen LogP contribution in [0.2, 0.25) is 0 Å². The highest BCUT2D eigenvalue weighted by atomic mass is 15.0. The molecule has 0 aliphatic heterocycles. The Morgan fingerprint density at radius 1 is 0.383 bits per heavy atom. The molecule has 30 unspecified atom stereocenters. The van der Waals surface area contributed by atoms with E-state index in [4.69, 9.17) is 6.57 Å². The molecule has 18 aliphatic rings. The predicted molar refractivity (Wildman–Crippen MR) is 225 cm³/mol. The third-order valence-electron chi connectivity index (χ3n) is 28.0. The Morgan fingerprint density at radius 2 is 0.650 bits per heavy atom. The van der Waals surface area contributed by atoms with Crippen molar-refractivity contribution in [3.05, 3.63) is 87.9 Å². The van der Waals surface area contributed by atoms with Crippen LogP contribution in [0.4, 0.5) is 0 Å². The summed E-state index contributed by atoms with van der Waals surface area (Å²) in [4.78, 5) is 3.90. The van der Waals surface area contributed by atoms with Gasteiger partial charge in [0.2, 0.25) is 0 Å². The van der Waals surface area contributed by atoms with Crippen molar-refractivity contribution in [3.63, 3.8) is 0 Å². The van der Waals surface area contributed by atoms with Gasteiger partial charge in [-0.15, -0.1) is 0 Å². The van der Waals surface area contributed by atoms with Crippen molar-refractivity contribution in [1.29, 1.82) is 5.26 Å². The molecule has 0 heterocycles. The number of hydrogen-bond donors (Lipinski definition) is 0. The summed E-state index contributed by atoms with van der Waals surface area (Å²) in [5.41, 5.74) is 6.60. The van der Waals surface area contributed by atoms with E-state index in [0.717, 1.165) is 154 Å². The van der Waals surface area contributed by atoms with E-state index in [1.807, 2.05) is 0 Å². The van der Waals surface area contributed by atoms with Gasteiger partial charge in [-0.25, -0.2) is 10.1 Å². The molecule has 0 N–H and O–H groups in total. The van der Waals surface area contributed by atoms with E-state index >= 15 is 0 Å². The van der Waals surface area contributed by atoms with E-state index in [9.17, 15) is 5.26 Å². The van der Waals surface area contributed by atoms with Gasteiger partial charge in [-0.1, -0.05) is 48.5 Å². The highest BCUT2D eigenvalue weighted by Gasteiger charge is 2.91. The van der Waals surface area contributed by atoms with Gasteiger partial charge in [-0.2, -0.15) is 0 Å². The van der Waals surface area contributed by atoms with Crippen LogP contribution in [0, 0.1) is 213 Å². The van der Waals surface area contributed by atoms with Crippen molar-refractivity contribution in [1.82, 2.24) is 0 Å². The maximum Gasteiger partial charge on any atom is 0.270 e. The van der Waals surface area contributed by atoms with Crippen molar-refractivity contribution < 1.29 is 0 Å². The third-order valence-corrected chi connectivity index (χ3v) is 28.0. The molecule has 17 saturated carbocycles. The molecule has 2 aromatic carbocycles. The molecular weight excluding hydrogens is 725 g/mol. The average molecular weight is 783 g/mol. The number of fused-ring (bicyclic) bond motifs is 10. The summed E-state index contributed by atoms with van der Waals surface area (Å²) < 4.78 is 0. The van der Waals surface area contributed by atoms with Gasteiger partial charge >= 0.3 is 0 Å². The second kappa shape index (κ2) is 9.35. The second-order valence-corrected chi connectivity index (χ2v) is 26.7. The molecule has 0 spiro atoms. The topological polar surface area (TPSA) is 28.1 Å². The zero-order valence-electron chi connectivity index (χ0n) is 34.8. The van der Waals surface area contributed by atoms with E-state index in [0.29, 0.717) is 5.92 Å². The zero-order valence-corrected chi connectivity index (χ0v) is 34.8. The van der Waals surface area contributed by atoms with Crippen LogP contribution in [0.1, 0.15) is 79.5 Å². The highest BCUT2D eigenvalue weighted by molar-refractivity contribution is 5.91. The first-order chi connectivity index (χ1) is 29.8. The SMILES string of the molecule is [C-]#[N+]C(C#N)=C1c2ccccc2C(C2C3C4C5CCC6C7CCC8C9CCC%10C%11CCC%12C(C23)C2C4C3C5C6C4C7C8C5C9C%10C6C%11C%12C2C2C6C5C4C32)c2ccccc21. The molecule has 2 heteroatoms. The lowest BCUT2D eigenvalue weighted by atomic mass is 9.43. The molecule has 0 bridgehead atoms. The number of allylic oxidation sites excluding steroid dienone is 1. The van der Waals surface area contributed by atoms with Gasteiger partial charge in [0.05, 0.1) is 12.6 Å². The summed E-state index contributed by atoms with van der Waals surface area (Å²) in [6.45, 7) is 8.16. The largest absolute Gasteiger partial charge is 0.270 e. The minimum Gasteiger partial charge on any atom is -0.226 e. The normalized spacial score (nSPS) is 67.7. The van der Waals surface area contributed by atoms with Crippen LogP contribution in [-0.2, 0) is 0 Å². The van der Waals surface area contributed by atoms with Crippen LogP contribution in [-0.4, -0.2) is 0 Å². The lowest BCUT2D eigenvalue weighted by molar-refractivity contribution is -0.148. The van der Waals surface area contributed by atoms with E-state index in [-0.39, 0.29) is 5.70 Å². The van der Waals surface area contributed by atoms with Crippen LogP contribution in [0.3, 0.4) is 0 Å². The van der Waals surface area contributed by atoms with Crippen molar-refractivity contribution in [3.8, 4) is 6.07 Å². The fourth-order valence-corrected chi connectivity index (χ4v) is 29.5. The van der Waals surface area contributed by atoms with Gasteiger partial charge in [-0.05, 0) is 269 Å². The minimum atomic E-state index is 0.288. The zero-order chi connectivity index (χ0) is 37.8. The first-order valence-corrected chi connectivity index (χ1v) is 26.5. The van der Waals surface area contributed by atoms with E-state index in [2.05, 4.69) is 59.4 Å². The number of rotatable bonds is 1. The molecule has 0 saturated heterocycles. The Balaban J connectivity index is 0.850. The average Bonchev–Trinajstić information content (AvgIpc) is 3.82. The first-order valence-electron chi connectivity index (χ1n) is 26.5. The Bertz CT molecular complexity index is 2420. The van der Waals surface area contributed by atoms with Gasteiger partial charge < -0.3 is 0 Å². The molecule has 0 aromatic heterocycles. The number of nitriles is 1. The maximum atomic E-state index is 10.4. The fraction of sp³-hybridized carbons (Fsp3) is 0.724. The van der Waals surface area contributed by atoms with Crippen LogP contribution >= 0.6 is 0 Å². The number of nitrogens with zero attached hydrogens (tertiary/aromatic N) is 2. The van der Waals surface area contributed by atoms with Crippen molar-refractivity contribution in [2.45, 2.75) is 57.3 Å². The molecule has 0 amide bonds. The van der Waals surface area contributed by atoms with Crippen molar-refractivity contribution >= 4 is 5.57 Å². The van der Waals surface area contributed by atoms with Gasteiger partial charge in [0.25, 0.3) is 5.70 Å². The summed E-state index contributed by atoms with van der Waals surface area (Å²) in [7, 11) is 0. The standard InChI is InChI=1S/C58H58N2/c1-60-31(18-59)32-19-6-2-4-8-21(19)33(22-9-5-3-7-20(22)32)44-50-42-29-16-14-27-25-12-10-23-24-11-13-26-28-15-17-30-41-39(28)47-37(26)35(24)45-34(23)36(25)46-38(27)40(29)48-52(42)53(43(30)51(44)50)49(41)58-56(47)54(45)55(46)57(48)58/h2-9,23-30,33-58H,10-17H2.